The molecule has 0 amide bonds. The molecule has 6 nitrogen and oxygen atoms in total. The van der Waals surface area contributed by atoms with Gasteiger partial charge in [-0.1, -0.05) is 49.6 Å². The summed E-state index contributed by atoms with van der Waals surface area (Å²) in [6, 6.07) is 13.6. The normalized spacial score (nSPS) is 16.5. The molecule has 1 atom stereocenters. The topological polar surface area (TPSA) is 95.5 Å². The van der Waals surface area contributed by atoms with Gasteiger partial charge in [0.05, 0.1) is 11.3 Å². The van der Waals surface area contributed by atoms with E-state index in [1.807, 2.05) is 37.3 Å². The molecule has 1 aliphatic carbocycles. The van der Waals surface area contributed by atoms with Gasteiger partial charge in [0.2, 0.25) is 10.0 Å². The SMILES string of the molecule is C[C@@H](Nc1ccc(C(=O)O)cc1S(=O)(=O)NC1CCCCC1)c1ccccc1. The second kappa shape index (κ2) is 8.75. The Labute approximate surface area is 166 Å². The Morgan fingerprint density at radius 1 is 1.07 bits per heavy atom. The Morgan fingerprint density at radius 3 is 2.39 bits per heavy atom. The summed E-state index contributed by atoms with van der Waals surface area (Å²) >= 11 is 0. The van der Waals surface area contributed by atoms with Crippen LogP contribution in [-0.4, -0.2) is 25.5 Å². The van der Waals surface area contributed by atoms with Gasteiger partial charge in [0.1, 0.15) is 4.90 Å². The molecule has 0 heterocycles. The molecule has 2 aromatic carbocycles. The fraction of sp³-hybridized carbons (Fsp3) is 0.381. The van der Waals surface area contributed by atoms with Crippen LogP contribution in [0.3, 0.4) is 0 Å². The summed E-state index contributed by atoms with van der Waals surface area (Å²) in [5.74, 6) is -1.16. The highest BCUT2D eigenvalue weighted by molar-refractivity contribution is 7.89. The van der Waals surface area contributed by atoms with Gasteiger partial charge in [0.15, 0.2) is 0 Å². The lowest BCUT2D eigenvalue weighted by Gasteiger charge is -2.24. The minimum absolute atomic E-state index is 0.0271. The van der Waals surface area contributed by atoms with Crippen LogP contribution in [0.25, 0.3) is 0 Å². The molecule has 1 saturated carbocycles. The molecule has 0 aromatic heterocycles. The second-order valence-electron chi connectivity index (χ2n) is 7.25. The van der Waals surface area contributed by atoms with Crippen LogP contribution < -0.4 is 10.0 Å². The van der Waals surface area contributed by atoms with Gasteiger partial charge >= 0.3 is 5.97 Å². The first-order valence-electron chi connectivity index (χ1n) is 9.58. The zero-order valence-electron chi connectivity index (χ0n) is 15.9. The standard InChI is InChI=1S/C21H26N2O4S/c1-15(16-8-4-2-5-9-16)22-19-13-12-17(21(24)25)14-20(19)28(26,27)23-18-10-6-3-7-11-18/h2,4-5,8-9,12-15,18,22-23H,3,6-7,10-11H2,1H3,(H,24,25)/t15-/m1/s1. The molecule has 0 saturated heterocycles. The lowest BCUT2D eigenvalue weighted by Crippen LogP contribution is -2.36. The number of hydrogen-bond acceptors (Lipinski definition) is 4. The van der Waals surface area contributed by atoms with Crippen LogP contribution in [0.4, 0.5) is 5.69 Å². The molecule has 3 N–H and O–H groups in total. The summed E-state index contributed by atoms with van der Waals surface area (Å²) in [4.78, 5) is 11.4. The largest absolute Gasteiger partial charge is 0.478 e. The van der Waals surface area contributed by atoms with Gasteiger partial charge in [-0.05, 0) is 43.5 Å². The van der Waals surface area contributed by atoms with Crippen molar-refractivity contribution >= 4 is 21.7 Å². The molecule has 150 valence electrons. The lowest BCUT2D eigenvalue weighted by molar-refractivity contribution is 0.0696. The van der Waals surface area contributed by atoms with Crippen molar-refractivity contribution in [2.24, 2.45) is 0 Å². The molecular weight excluding hydrogens is 376 g/mol. The van der Waals surface area contributed by atoms with Crippen LogP contribution >= 0.6 is 0 Å². The summed E-state index contributed by atoms with van der Waals surface area (Å²) in [7, 11) is -3.85. The first kappa shape index (κ1) is 20.4. The van der Waals surface area contributed by atoms with Crippen molar-refractivity contribution in [1.82, 2.24) is 4.72 Å². The van der Waals surface area contributed by atoms with Gasteiger partial charge < -0.3 is 10.4 Å². The highest BCUT2D eigenvalue weighted by Crippen LogP contribution is 2.28. The van der Waals surface area contributed by atoms with E-state index in [4.69, 9.17) is 0 Å². The number of carboxylic acid groups (broad SMARTS) is 1. The van der Waals surface area contributed by atoms with Gasteiger partial charge in [-0.2, -0.15) is 0 Å². The van der Waals surface area contributed by atoms with Crippen LogP contribution in [0.2, 0.25) is 0 Å². The van der Waals surface area contributed by atoms with Crippen molar-refractivity contribution in [3.63, 3.8) is 0 Å². The maximum atomic E-state index is 13.1. The molecule has 0 unspecified atom stereocenters. The zero-order chi connectivity index (χ0) is 20.1. The first-order valence-corrected chi connectivity index (χ1v) is 11.1. The Kier molecular flexibility index (Phi) is 6.36. The minimum Gasteiger partial charge on any atom is -0.478 e. The summed E-state index contributed by atoms with van der Waals surface area (Å²) < 4.78 is 28.9. The molecule has 2 aromatic rings. The molecule has 28 heavy (non-hydrogen) atoms. The Morgan fingerprint density at radius 2 is 1.75 bits per heavy atom. The molecule has 0 bridgehead atoms. The third-order valence-corrected chi connectivity index (χ3v) is 6.68. The Hall–Kier alpha value is -2.38. The molecule has 0 aliphatic heterocycles. The van der Waals surface area contributed by atoms with Crippen LogP contribution in [0.1, 0.15) is 61.0 Å². The number of aromatic carboxylic acids is 1. The van der Waals surface area contributed by atoms with Crippen LogP contribution in [0.15, 0.2) is 53.4 Å². The van der Waals surface area contributed by atoms with Crippen molar-refractivity contribution in [3.05, 3.63) is 59.7 Å². The van der Waals surface area contributed by atoms with Crippen LogP contribution in [0.5, 0.6) is 0 Å². The summed E-state index contributed by atoms with van der Waals surface area (Å²) in [5.41, 5.74) is 1.35. The molecule has 0 spiro atoms. The van der Waals surface area contributed by atoms with E-state index >= 15 is 0 Å². The number of anilines is 1. The van der Waals surface area contributed by atoms with Crippen molar-refractivity contribution < 1.29 is 18.3 Å². The Balaban J connectivity index is 1.92. The number of sulfonamides is 1. The second-order valence-corrected chi connectivity index (χ2v) is 8.93. The lowest BCUT2D eigenvalue weighted by atomic mass is 9.96. The van der Waals surface area contributed by atoms with Crippen molar-refractivity contribution in [1.29, 1.82) is 0 Å². The molecule has 3 rings (SSSR count). The summed E-state index contributed by atoms with van der Waals surface area (Å²) in [5, 5.41) is 12.5. The number of carbonyl (C=O) groups is 1. The number of rotatable bonds is 7. The van der Waals surface area contributed by atoms with E-state index < -0.39 is 16.0 Å². The first-order chi connectivity index (χ1) is 13.4. The van der Waals surface area contributed by atoms with E-state index in [1.54, 1.807) is 0 Å². The predicted octanol–water partition coefficient (Wildman–Crippen LogP) is 4.17. The number of benzene rings is 2. The van der Waals surface area contributed by atoms with E-state index in [0.29, 0.717) is 5.69 Å². The maximum Gasteiger partial charge on any atom is 0.335 e. The van der Waals surface area contributed by atoms with Crippen LogP contribution in [-0.2, 0) is 10.0 Å². The summed E-state index contributed by atoms with van der Waals surface area (Å²) in [6.07, 6.45) is 4.73. The highest BCUT2D eigenvalue weighted by Gasteiger charge is 2.26. The van der Waals surface area contributed by atoms with Gasteiger partial charge in [-0.25, -0.2) is 17.9 Å². The van der Waals surface area contributed by atoms with Gasteiger partial charge in [-0.3, -0.25) is 0 Å². The smallest absolute Gasteiger partial charge is 0.335 e. The van der Waals surface area contributed by atoms with Gasteiger partial charge in [0, 0.05) is 12.1 Å². The number of hydrogen-bond donors (Lipinski definition) is 3. The van der Waals surface area contributed by atoms with E-state index in [-0.39, 0.29) is 22.5 Å². The van der Waals surface area contributed by atoms with Gasteiger partial charge in [-0.15, -0.1) is 0 Å². The van der Waals surface area contributed by atoms with Crippen LogP contribution in [0, 0.1) is 0 Å². The van der Waals surface area contributed by atoms with Gasteiger partial charge in [0.25, 0.3) is 0 Å². The predicted molar refractivity (Wildman–Crippen MR) is 109 cm³/mol. The van der Waals surface area contributed by atoms with Crippen molar-refractivity contribution in [2.45, 2.75) is 56.0 Å². The minimum atomic E-state index is -3.85. The maximum absolute atomic E-state index is 13.1. The van der Waals surface area contributed by atoms with E-state index in [2.05, 4.69) is 10.0 Å². The van der Waals surface area contributed by atoms with E-state index in [0.717, 1.165) is 37.7 Å². The fourth-order valence-corrected chi connectivity index (χ4v) is 5.06. The fourth-order valence-electron chi connectivity index (χ4n) is 3.56. The average Bonchev–Trinajstić information content (AvgIpc) is 2.69. The molecule has 0 radical (unpaired) electrons. The molecule has 1 fully saturated rings. The third-order valence-electron chi connectivity index (χ3n) is 5.12. The molecule has 7 heteroatoms. The third kappa shape index (κ3) is 4.91. The average molecular weight is 403 g/mol. The van der Waals surface area contributed by atoms with Crippen molar-refractivity contribution in [2.75, 3.05) is 5.32 Å². The van der Waals surface area contributed by atoms with E-state index in [9.17, 15) is 18.3 Å². The quantitative estimate of drug-likeness (QED) is 0.646. The molecular formula is C21H26N2O4S. The number of carboxylic acids is 1. The zero-order valence-corrected chi connectivity index (χ0v) is 16.7. The Bertz CT molecular complexity index is 923. The molecule has 1 aliphatic rings. The monoisotopic (exact) mass is 402 g/mol. The number of nitrogens with one attached hydrogen (secondary N) is 2. The van der Waals surface area contributed by atoms with Crippen molar-refractivity contribution in [3.8, 4) is 0 Å². The van der Waals surface area contributed by atoms with E-state index in [1.165, 1.54) is 18.2 Å². The highest BCUT2D eigenvalue weighted by atomic mass is 32.2. The summed E-state index contributed by atoms with van der Waals surface area (Å²) in [6.45, 7) is 1.94.